The third-order valence-corrected chi connectivity index (χ3v) is 2.56. The molecule has 0 aliphatic rings. The van der Waals surface area contributed by atoms with Gasteiger partial charge in [-0.1, -0.05) is 0 Å². The average Bonchev–Trinajstić information content (AvgIpc) is 2.41. The van der Waals surface area contributed by atoms with Crippen LogP contribution in [-0.2, 0) is 5.54 Å². The molecule has 1 aromatic rings. The summed E-state index contributed by atoms with van der Waals surface area (Å²) in [6, 6.07) is 0. The molecule has 0 unspecified atom stereocenters. The van der Waals surface area contributed by atoms with Crippen molar-refractivity contribution >= 4 is 15.9 Å². The Morgan fingerprint density at radius 2 is 1.93 bits per heavy atom. The topological polar surface area (TPSA) is 27.1 Å². The number of aromatic nitrogens is 2. The first kappa shape index (κ1) is 12.4. The quantitative estimate of drug-likeness (QED) is 0.832. The van der Waals surface area contributed by atoms with E-state index in [1.165, 1.54) is 11.8 Å². The molecule has 0 saturated heterocycles. The predicted molar refractivity (Wildman–Crippen MR) is 56.4 cm³/mol. The van der Waals surface area contributed by atoms with E-state index in [1.54, 1.807) is 0 Å². The minimum atomic E-state index is -2.64. The van der Waals surface area contributed by atoms with Crippen LogP contribution in [0.25, 0.3) is 0 Å². The number of ether oxygens (including phenoxy) is 1. The van der Waals surface area contributed by atoms with Gasteiger partial charge in [0.15, 0.2) is 11.4 Å². The first-order valence-corrected chi connectivity index (χ1v) is 5.19. The minimum Gasteiger partial charge on any atom is -0.492 e. The fraction of sp³-hybridized carbons (Fsp3) is 0.667. The molecular formula is C9H13BrF2N2O. The molecule has 0 bridgehead atoms. The number of hydrogen-bond acceptors (Lipinski definition) is 2. The van der Waals surface area contributed by atoms with Crippen LogP contribution in [-0.4, -0.2) is 16.9 Å². The molecule has 1 rings (SSSR count). The second-order valence-electron chi connectivity index (χ2n) is 4.09. The molecule has 86 valence electrons. The van der Waals surface area contributed by atoms with Crippen LogP contribution in [0.2, 0.25) is 0 Å². The molecule has 0 amide bonds. The van der Waals surface area contributed by atoms with Gasteiger partial charge in [0, 0.05) is 0 Å². The van der Waals surface area contributed by atoms with Gasteiger partial charge in [0.1, 0.15) is 4.60 Å². The Balaban J connectivity index is 3.34. The first-order chi connectivity index (χ1) is 6.79. The van der Waals surface area contributed by atoms with Gasteiger partial charge >= 0.3 is 0 Å². The summed E-state index contributed by atoms with van der Waals surface area (Å²) in [5.74, 6) is 0.0972. The van der Waals surface area contributed by atoms with Crippen LogP contribution in [0, 0.1) is 0 Å². The largest absolute Gasteiger partial charge is 0.492 e. The van der Waals surface area contributed by atoms with Gasteiger partial charge in [-0.15, -0.1) is 0 Å². The van der Waals surface area contributed by atoms with Gasteiger partial charge in [0.25, 0.3) is 6.43 Å². The Hall–Kier alpha value is -0.650. The minimum absolute atomic E-state index is 0.0972. The first-order valence-electron chi connectivity index (χ1n) is 4.40. The summed E-state index contributed by atoms with van der Waals surface area (Å²) in [6.07, 6.45) is -2.64. The van der Waals surface area contributed by atoms with E-state index < -0.39 is 6.43 Å². The summed E-state index contributed by atoms with van der Waals surface area (Å²) >= 11 is 3.21. The number of alkyl halides is 2. The van der Waals surface area contributed by atoms with Crippen molar-refractivity contribution < 1.29 is 13.5 Å². The summed E-state index contributed by atoms with van der Waals surface area (Å²) in [5.41, 5.74) is -0.710. The predicted octanol–water partition coefficient (Wildman–Crippen LogP) is 3.35. The Bertz CT molecular complexity index is 358. The zero-order valence-corrected chi connectivity index (χ0v) is 10.6. The van der Waals surface area contributed by atoms with Crippen LogP contribution < -0.4 is 4.74 Å². The molecule has 0 saturated carbocycles. The lowest BCUT2D eigenvalue weighted by molar-refractivity contribution is 0.140. The van der Waals surface area contributed by atoms with E-state index in [2.05, 4.69) is 21.0 Å². The van der Waals surface area contributed by atoms with E-state index in [-0.39, 0.29) is 17.0 Å². The molecule has 6 heteroatoms. The van der Waals surface area contributed by atoms with Gasteiger partial charge in [-0.05, 0) is 36.7 Å². The summed E-state index contributed by atoms with van der Waals surface area (Å²) in [6.45, 7) is 5.62. The highest BCUT2D eigenvalue weighted by Gasteiger charge is 2.28. The highest BCUT2D eigenvalue weighted by molar-refractivity contribution is 9.10. The molecule has 15 heavy (non-hydrogen) atoms. The molecule has 0 radical (unpaired) electrons. The summed E-state index contributed by atoms with van der Waals surface area (Å²) in [5, 5.41) is 3.85. The van der Waals surface area contributed by atoms with Crippen LogP contribution in [0.15, 0.2) is 4.60 Å². The zero-order valence-electron chi connectivity index (χ0n) is 9.01. The molecular weight excluding hydrogens is 270 g/mol. The van der Waals surface area contributed by atoms with E-state index in [1.807, 2.05) is 20.8 Å². The highest BCUT2D eigenvalue weighted by Crippen LogP contribution is 2.37. The van der Waals surface area contributed by atoms with E-state index in [9.17, 15) is 8.78 Å². The maximum Gasteiger partial charge on any atom is 0.285 e. The van der Waals surface area contributed by atoms with E-state index in [0.29, 0.717) is 4.60 Å². The average molecular weight is 283 g/mol. The molecule has 0 spiro atoms. The third kappa shape index (κ3) is 2.30. The fourth-order valence-electron chi connectivity index (χ4n) is 1.17. The van der Waals surface area contributed by atoms with Crippen molar-refractivity contribution in [2.45, 2.75) is 32.7 Å². The molecule has 1 aromatic heterocycles. The van der Waals surface area contributed by atoms with E-state index in [0.717, 1.165) is 0 Å². The van der Waals surface area contributed by atoms with Crippen LogP contribution in [0.4, 0.5) is 8.78 Å². The second kappa shape index (κ2) is 4.08. The molecule has 1 heterocycles. The summed E-state index contributed by atoms with van der Waals surface area (Å²) in [4.78, 5) is 0. The number of hydrogen-bond donors (Lipinski definition) is 0. The van der Waals surface area contributed by atoms with Crippen LogP contribution in [0.5, 0.6) is 5.75 Å². The lowest BCUT2D eigenvalue weighted by atomic mass is 10.1. The van der Waals surface area contributed by atoms with E-state index >= 15 is 0 Å². The van der Waals surface area contributed by atoms with Crippen LogP contribution in [0.3, 0.4) is 0 Å². The van der Waals surface area contributed by atoms with Gasteiger partial charge in [-0.25, -0.2) is 13.5 Å². The number of nitrogens with zero attached hydrogens (tertiary/aromatic N) is 2. The monoisotopic (exact) mass is 282 g/mol. The number of halogens is 3. The Kier molecular flexibility index (Phi) is 3.38. The summed E-state index contributed by atoms with van der Waals surface area (Å²) < 4.78 is 32.1. The molecule has 0 N–H and O–H groups in total. The van der Waals surface area contributed by atoms with Crippen molar-refractivity contribution in [3.8, 4) is 5.75 Å². The normalized spacial score (nSPS) is 12.3. The molecule has 0 aromatic carbocycles. The van der Waals surface area contributed by atoms with Gasteiger partial charge < -0.3 is 4.74 Å². The van der Waals surface area contributed by atoms with Gasteiger partial charge in [0.2, 0.25) is 0 Å². The molecule has 0 aliphatic heterocycles. The lowest BCUT2D eigenvalue weighted by Crippen LogP contribution is -2.23. The zero-order chi connectivity index (χ0) is 11.8. The molecule has 0 atom stereocenters. The number of methoxy groups -OCH3 is 1. The highest BCUT2D eigenvalue weighted by atomic mass is 79.9. The Morgan fingerprint density at radius 1 is 1.40 bits per heavy atom. The molecule has 3 nitrogen and oxygen atoms in total. The lowest BCUT2D eigenvalue weighted by Gasteiger charge is -2.20. The smallest absolute Gasteiger partial charge is 0.285 e. The molecule has 0 aliphatic carbocycles. The van der Waals surface area contributed by atoms with Crippen LogP contribution in [0.1, 0.15) is 32.9 Å². The van der Waals surface area contributed by atoms with Crippen molar-refractivity contribution in [2.24, 2.45) is 0 Å². The SMILES string of the molecule is COc1c(C(F)F)nn(C(C)(C)C)c1Br. The van der Waals surface area contributed by atoms with Crippen molar-refractivity contribution in [2.75, 3.05) is 7.11 Å². The van der Waals surface area contributed by atoms with Crippen molar-refractivity contribution in [3.05, 3.63) is 10.3 Å². The van der Waals surface area contributed by atoms with Crippen molar-refractivity contribution in [1.29, 1.82) is 0 Å². The van der Waals surface area contributed by atoms with Crippen LogP contribution >= 0.6 is 15.9 Å². The van der Waals surface area contributed by atoms with Gasteiger partial charge in [0.05, 0.1) is 12.6 Å². The fourth-order valence-corrected chi connectivity index (χ4v) is 2.15. The van der Waals surface area contributed by atoms with Gasteiger partial charge in [-0.2, -0.15) is 5.10 Å². The standard InChI is InChI=1S/C9H13BrF2N2O/c1-9(2,3)14-7(10)6(15-4)5(13-14)8(11)12/h8H,1-4H3. The third-order valence-electron chi connectivity index (χ3n) is 1.86. The molecule has 0 fully saturated rings. The number of rotatable bonds is 2. The van der Waals surface area contributed by atoms with Crippen molar-refractivity contribution in [1.82, 2.24) is 9.78 Å². The summed E-state index contributed by atoms with van der Waals surface area (Å²) in [7, 11) is 1.35. The second-order valence-corrected chi connectivity index (χ2v) is 4.84. The Morgan fingerprint density at radius 3 is 2.20 bits per heavy atom. The Labute approximate surface area is 95.5 Å². The van der Waals surface area contributed by atoms with E-state index in [4.69, 9.17) is 4.74 Å². The van der Waals surface area contributed by atoms with Gasteiger partial charge in [-0.3, -0.25) is 0 Å². The maximum atomic E-state index is 12.6. The maximum absolute atomic E-state index is 12.6. The van der Waals surface area contributed by atoms with Crippen molar-refractivity contribution in [3.63, 3.8) is 0 Å².